The van der Waals surface area contributed by atoms with E-state index in [2.05, 4.69) is 19.2 Å². The third-order valence-electron chi connectivity index (χ3n) is 3.86. The molecule has 4 heteroatoms. The van der Waals surface area contributed by atoms with Gasteiger partial charge in [0, 0.05) is 31.5 Å². The minimum Gasteiger partial charge on any atom is -0.356 e. The Kier molecular flexibility index (Phi) is 6.16. The Morgan fingerprint density at radius 3 is 2.17 bits per heavy atom. The molecule has 0 spiro atoms. The molecule has 18 heavy (non-hydrogen) atoms. The summed E-state index contributed by atoms with van der Waals surface area (Å²) in [6.45, 7) is 8.21. The summed E-state index contributed by atoms with van der Waals surface area (Å²) in [7, 11) is 0. The first kappa shape index (κ1) is 15.0. The summed E-state index contributed by atoms with van der Waals surface area (Å²) in [4.78, 5) is 25.8. The SMILES string of the molecule is CCNC(=O)C1CCN(C(=O)C(CC)CC)CC1. The fourth-order valence-electron chi connectivity index (χ4n) is 2.58. The Balaban J connectivity index is 2.43. The molecule has 0 bridgehead atoms. The van der Waals surface area contributed by atoms with Crippen LogP contribution in [0.2, 0.25) is 0 Å². The number of hydrogen-bond donors (Lipinski definition) is 1. The first-order valence-corrected chi connectivity index (χ1v) is 7.20. The van der Waals surface area contributed by atoms with Crippen molar-refractivity contribution < 1.29 is 9.59 Å². The van der Waals surface area contributed by atoms with E-state index in [-0.39, 0.29) is 23.7 Å². The van der Waals surface area contributed by atoms with Crippen molar-refractivity contribution in [1.29, 1.82) is 0 Å². The molecule has 2 amide bonds. The van der Waals surface area contributed by atoms with E-state index in [1.807, 2.05) is 11.8 Å². The van der Waals surface area contributed by atoms with Gasteiger partial charge in [-0.3, -0.25) is 9.59 Å². The molecule has 1 aliphatic heterocycles. The van der Waals surface area contributed by atoms with E-state index in [0.717, 1.165) is 38.8 Å². The Morgan fingerprint density at radius 2 is 1.72 bits per heavy atom. The fourth-order valence-corrected chi connectivity index (χ4v) is 2.58. The van der Waals surface area contributed by atoms with Crippen LogP contribution in [0, 0.1) is 11.8 Å². The largest absolute Gasteiger partial charge is 0.356 e. The number of nitrogens with zero attached hydrogens (tertiary/aromatic N) is 1. The quantitative estimate of drug-likeness (QED) is 0.813. The molecule has 4 nitrogen and oxygen atoms in total. The highest BCUT2D eigenvalue weighted by Gasteiger charge is 2.29. The number of likely N-dealkylation sites (tertiary alicyclic amines) is 1. The maximum absolute atomic E-state index is 12.2. The molecule has 0 atom stereocenters. The third kappa shape index (κ3) is 3.72. The molecule has 0 saturated carbocycles. The third-order valence-corrected chi connectivity index (χ3v) is 3.86. The number of carbonyl (C=O) groups is 2. The molecule has 1 fully saturated rings. The number of rotatable bonds is 5. The van der Waals surface area contributed by atoms with Crippen LogP contribution in [-0.2, 0) is 9.59 Å². The molecular weight excluding hydrogens is 228 g/mol. The molecule has 1 aliphatic rings. The summed E-state index contributed by atoms with van der Waals surface area (Å²) in [5, 5.41) is 2.86. The van der Waals surface area contributed by atoms with Crippen LogP contribution in [0.3, 0.4) is 0 Å². The normalized spacial score (nSPS) is 17.0. The molecule has 0 aromatic heterocycles. The van der Waals surface area contributed by atoms with Crippen LogP contribution >= 0.6 is 0 Å². The Labute approximate surface area is 110 Å². The summed E-state index contributed by atoms with van der Waals surface area (Å²) >= 11 is 0. The Morgan fingerprint density at radius 1 is 1.17 bits per heavy atom. The van der Waals surface area contributed by atoms with Crippen molar-refractivity contribution in [1.82, 2.24) is 10.2 Å². The average Bonchev–Trinajstić information content (AvgIpc) is 2.40. The molecular formula is C14H26N2O2. The predicted octanol–water partition coefficient (Wildman–Crippen LogP) is 1.80. The topological polar surface area (TPSA) is 49.4 Å². The van der Waals surface area contributed by atoms with Crippen molar-refractivity contribution in [3.05, 3.63) is 0 Å². The zero-order valence-electron chi connectivity index (χ0n) is 11.9. The van der Waals surface area contributed by atoms with Gasteiger partial charge in [0.15, 0.2) is 0 Å². The molecule has 1 heterocycles. The molecule has 0 aliphatic carbocycles. The highest BCUT2D eigenvalue weighted by atomic mass is 16.2. The number of hydrogen-bond acceptors (Lipinski definition) is 2. The van der Waals surface area contributed by atoms with Crippen molar-refractivity contribution in [3.8, 4) is 0 Å². The van der Waals surface area contributed by atoms with Gasteiger partial charge in [-0.1, -0.05) is 13.8 Å². The maximum Gasteiger partial charge on any atom is 0.225 e. The second kappa shape index (κ2) is 7.39. The van der Waals surface area contributed by atoms with E-state index in [0.29, 0.717) is 6.54 Å². The molecule has 0 unspecified atom stereocenters. The zero-order valence-corrected chi connectivity index (χ0v) is 11.9. The van der Waals surface area contributed by atoms with Gasteiger partial charge in [-0.15, -0.1) is 0 Å². The zero-order chi connectivity index (χ0) is 13.5. The van der Waals surface area contributed by atoms with Gasteiger partial charge < -0.3 is 10.2 Å². The molecule has 1 saturated heterocycles. The number of carbonyl (C=O) groups excluding carboxylic acids is 2. The molecule has 1 N–H and O–H groups in total. The van der Waals surface area contributed by atoms with Crippen LogP contribution in [0.15, 0.2) is 0 Å². The predicted molar refractivity (Wildman–Crippen MR) is 72.1 cm³/mol. The van der Waals surface area contributed by atoms with Crippen LogP contribution < -0.4 is 5.32 Å². The van der Waals surface area contributed by atoms with Gasteiger partial charge >= 0.3 is 0 Å². The number of nitrogens with one attached hydrogen (secondary N) is 1. The summed E-state index contributed by atoms with van der Waals surface area (Å²) < 4.78 is 0. The van der Waals surface area contributed by atoms with Crippen LogP contribution in [0.5, 0.6) is 0 Å². The lowest BCUT2D eigenvalue weighted by molar-refractivity contribution is -0.139. The summed E-state index contributed by atoms with van der Waals surface area (Å²) in [6, 6.07) is 0. The molecule has 0 aromatic rings. The summed E-state index contributed by atoms with van der Waals surface area (Å²) in [6.07, 6.45) is 3.42. The van der Waals surface area contributed by atoms with Gasteiger partial charge in [0.25, 0.3) is 0 Å². The standard InChI is InChI=1S/C14H26N2O2/c1-4-11(5-2)14(18)16-9-7-12(8-10-16)13(17)15-6-3/h11-12H,4-10H2,1-3H3,(H,15,17). The van der Waals surface area contributed by atoms with E-state index in [1.54, 1.807) is 0 Å². The fraction of sp³-hybridized carbons (Fsp3) is 0.857. The Bertz CT molecular complexity index is 280. The van der Waals surface area contributed by atoms with Gasteiger partial charge in [-0.2, -0.15) is 0 Å². The van der Waals surface area contributed by atoms with E-state index < -0.39 is 0 Å². The number of piperidine rings is 1. The van der Waals surface area contributed by atoms with Crippen molar-refractivity contribution >= 4 is 11.8 Å². The first-order valence-electron chi connectivity index (χ1n) is 7.20. The molecule has 1 rings (SSSR count). The van der Waals surface area contributed by atoms with E-state index in [9.17, 15) is 9.59 Å². The van der Waals surface area contributed by atoms with E-state index >= 15 is 0 Å². The van der Waals surface area contributed by atoms with Gasteiger partial charge in [-0.05, 0) is 32.6 Å². The second-order valence-corrected chi connectivity index (χ2v) is 5.01. The van der Waals surface area contributed by atoms with Gasteiger partial charge in [-0.25, -0.2) is 0 Å². The first-order chi connectivity index (χ1) is 8.63. The lowest BCUT2D eigenvalue weighted by atomic mass is 9.94. The second-order valence-electron chi connectivity index (χ2n) is 5.01. The van der Waals surface area contributed by atoms with Crippen LogP contribution in [0.1, 0.15) is 46.5 Å². The van der Waals surface area contributed by atoms with Crippen molar-refractivity contribution in [2.45, 2.75) is 46.5 Å². The highest BCUT2D eigenvalue weighted by molar-refractivity contribution is 5.81. The average molecular weight is 254 g/mol. The lowest BCUT2D eigenvalue weighted by Gasteiger charge is -2.33. The minimum atomic E-state index is 0.0932. The van der Waals surface area contributed by atoms with Gasteiger partial charge in [0.1, 0.15) is 0 Å². The van der Waals surface area contributed by atoms with Crippen molar-refractivity contribution in [2.24, 2.45) is 11.8 Å². The smallest absolute Gasteiger partial charge is 0.225 e. The lowest BCUT2D eigenvalue weighted by Crippen LogP contribution is -2.44. The number of amides is 2. The van der Waals surface area contributed by atoms with Gasteiger partial charge in [0.05, 0.1) is 0 Å². The van der Waals surface area contributed by atoms with Crippen molar-refractivity contribution in [2.75, 3.05) is 19.6 Å². The van der Waals surface area contributed by atoms with E-state index in [4.69, 9.17) is 0 Å². The monoisotopic (exact) mass is 254 g/mol. The molecule has 0 radical (unpaired) electrons. The maximum atomic E-state index is 12.2. The molecule has 104 valence electrons. The van der Waals surface area contributed by atoms with Crippen LogP contribution in [0.4, 0.5) is 0 Å². The highest BCUT2D eigenvalue weighted by Crippen LogP contribution is 2.21. The van der Waals surface area contributed by atoms with E-state index in [1.165, 1.54) is 0 Å². The summed E-state index contributed by atoms with van der Waals surface area (Å²) in [5.74, 6) is 0.670. The van der Waals surface area contributed by atoms with Crippen LogP contribution in [0.25, 0.3) is 0 Å². The van der Waals surface area contributed by atoms with Crippen molar-refractivity contribution in [3.63, 3.8) is 0 Å². The van der Waals surface area contributed by atoms with Gasteiger partial charge in [0.2, 0.25) is 11.8 Å². The Hall–Kier alpha value is -1.06. The molecule has 0 aromatic carbocycles. The summed E-state index contributed by atoms with van der Waals surface area (Å²) in [5.41, 5.74) is 0. The minimum absolute atomic E-state index is 0.0932. The van der Waals surface area contributed by atoms with Crippen LogP contribution in [-0.4, -0.2) is 36.3 Å².